The van der Waals surface area contributed by atoms with Gasteiger partial charge in [0.1, 0.15) is 6.10 Å². The summed E-state index contributed by atoms with van der Waals surface area (Å²) < 4.78 is 40.9. The normalized spacial score (nSPS) is 18.2. The average Bonchev–Trinajstić information content (AvgIpc) is 2.63. The van der Waals surface area contributed by atoms with E-state index < -0.39 is 10.1 Å². The Balaban J connectivity index is 1.65. The monoisotopic (exact) mass is 362 g/mol. The van der Waals surface area contributed by atoms with E-state index in [0.29, 0.717) is 26.2 Å². The Morgan fingerprint density at radius 1 is 1.08 bits per heavy atom. The van der Waals surface area contributed by atoms with Crippen LogP contribution < -0.4 is 0 Å². The van der Waals surface area contributed by atoms with Crippen LogP contribution in [0.4, 0.5) is 0 Å². The van der Waals surface area contributed by atoms with E-state index in [1.54, 1.807) is 24.3 Å². The number of aryl methyl sites for hydroxylation is 1. The highest BCUT2D eigenvalue weighted by Crippen LogP contribution is 2.25. The van der Waals surface area contributed by atoms with Crippen molar-refractivity contribution >= 4 is 10.1 Å². The molecule has 0 radical (unpaired) electrons. The first-order valence-corrected chi connectivity index (χ1v) is 9.70. The summed E-state index contributed by atoms with van der Waals surface area (Å²) in [6.45, 7) is 3.68. The summed E-state index contributed by atoms with van der Waals surface area (Å²) in [6, 6.07) is 14.5. The second-order valence-corrected chi connectivity index (χ2v) is 7.59. The molecule has 1 unspecified atom stereocenters. The van der Waals surface area contributed by atoms with Gasteiger partial charge in [0.2, 0.25) is 0 Å². The Morgan fingerprint density at radius 3 is 2.56 bits per heavy atom. The van der Waals surface area contributed by atoms with E-state index in [0.717, 1.165) is 16.7 Å². The maximum Gasteiger partial charge on any atom is 0.296 e. The molecule has 1 aliphatic rings. The SMILES string of the molecule is Cc1ccc(S(=O)(=O)OCCc2ccccc2C2COCCO2)cc1. The fraction of sp³-hybridized carbons (Fsp3) is 0.368. The molecule has 0 amide bonds. The third kappa shape index (κ3) is 4.67. The summed E-state index contributed by atoms with van der Waals surface area (Å²) in [5, 5.41) is 0. The van der Waals surface area contributed by atoms with Crippen LogP contribution >= 0.6 is 0 Å². The van der Waals surface area contributed by atoms with E-state index in [4.69, 9.17) is 13.7 Å². The third-order valence-corrected chi connectivity index (χ3v) is 5.46. The maximum atomic E-state index is 12.3. The van der Waals surface area contributed by atoms with Gasteiger partial charge >= 0.3 is 0 Å². The van der Waals surface area contributed by atoms with Crippen LogP contribution in [0.3, 0.4) is 0 Å². The lowest BCUT2D eigenvalue weighted by atomic mass is 10.00. The van der Waals surface area contributed by atoms with Crippen LogP contribution in [0.2, 0.25) is 0 Å². The molecular weight excluding hydrogens is 340 g/mol. The quantitative estimate of drug-likeness (QED) is 0.739. The first kappa shape index (κ1) is 18.1. The van der Waals surface area contributed by atoms with E-state index in [2.05, 4.69) is 0 Å². The largest absolute Gasteiger partial charge is 0.376 e. The van der Waals surface area contributed by atoms with Gasteiger partial charge in [0, 0.05) is 0 Å². The van der Waals surface area contributed by atoms with Gasteiger partial charge in [-0.1, -0.05) is 42.0 Å². The molecule has 0 aromatic heterocycles. The minimum Gasteiger partial charge on any atom is -0.376 e. The molecule has 5 nitrogen and oxygen atoms in total. The summed E-state index contributed by atoms with van der Waals surface area (Å²) in [5.74, 6) is 0. The standard InChI is InChI=1S/C19H22O5S/c1-15-6-8-17(9-7-15)25(20,21)24-11-10-16-4-2-3-5-18(16)19-14-22-12-13-23-19/h2-9,19H,10-14H2,1H3. The Morgan fingerprint density at radius 2 is 1.84 bits per heavy atom. The van der Waals surface area contributed by atoms with Gasteiger partial charge in [0.25, 0.3) is 10.1 Å². The smallest absolute Gasteiger partial charge is 0.296 e. The molecule has 3 rings (SSSR count). The van der Waals surface area contributed by atoms with E-state index in [1.807, 2.05) is 31.2 Å². The van der Waals surface area contributed by atoms with Crippen LogP contribution in [-0.4, -0.2) is 34.8 Å². The van der Waals surface area contributed by atoms with Crippen molar-refractivity contribution in [2.24, 2.45) is 0 Å². The second-order valence-electron chi connectivity index (χ2n) is 5.97. The van der Waals surface area contributed by atoms with Crippen LogP contribution in [0.15, 0.2) is 53.4 Å². The van der Waals surface area contributed by atoms with Gasteiger partial charge < -0.3 is 9.47 Å². The predicted octanol–water partition coefficient (Wildman–Crippen LogP) is 3.03. The highest BCUT2D eigenvalue weighted by molar-refractivity contribution is 7.86. The number of rotatable bonds is 6. The zero-order valence-electron chi connectivity index (χ0n) is 14.2. The molecular formula is C19H22O5S. The second kappa shape index (κ2) is 8.10. The first-order valence-electron chi connectivity index (χ1n) is 8.29. The predicted molar refractivity (Wildman–Crippen MR) is 94.0 cm³/mol. The number of hydrogen-bond acceptors (Lipinski definition) is 5. The Bertz CT molecular complexity index is 793. The highest BCUT2D eigenvalue weighted by atomic mass is 32.2. The van der Waals surface area contributed by atoms with Crippen molar-refractivity contribution in [3.63, 3.8) is 0 Å². The first-order chi connectivity index (χ1) is 12.1. The molecule has 2 aromatic rings. The fourth-order valence-corrected chi connectivity index (χ4v) is 3.69. The molecule has 1 atom stereocenters. The van der Waals surface area contributed by atoms with Crippen molar-refractivity contribution in [1.29, 1.82) is 0 Å². The van der Waals surface area contributed by atoms with Crippen molar-refractivity contribution < 1.29 is 22.1 Å². The molecule has 0 bridgehead atoms. The Hall–Kier alpha value is -1.73. The van der Waals surface area contributed by atoms with Crippen LogP contribution in [0.5, 0.6) is 0 Å². The summed E-state index contributed by atoms with van der Waals surface area (Å²) in [6.07, 6.45) is 0.375. The van der Waals surface area contributed by atoms with Crippen LogP contribution in [-0.2, 0) is 30.2 Å². The fourth-order valence-electron chi connectivity index (χ4n) is 2.78. The van der Waals surface area contributed by atoms with Gasteiger partial charge in [-0.3, -0.25) is 4.18 Å². The van der Waals surface area contributed by atoms with Crippen molar-refractivity contribution in [2.45, 2.75) is 24.3 Å². The lowest BCUT2D eigenvalue weighted by Crippen LogP contribution is -2.23. The minimum atomic E-state index is -3.74. The molecule has 1 fully saturated rings. The molecule has 1 heterocycles. The van der Waals surface area contributed by atoms with Gasteiger partial charge in [-0.2, -0.15) is 8.42 Å². The zero-order valence-corrected chi connectivity index (χ0v) is 15.0. The van der Waals surface area contributed by atoms with Gasteiger partial charge in [0.15, 0.2) is 0 Å². The van der Waals surface area contributed by atoms with Gasteiger partial charge in [-0.25, -0.2) is 0 Å². The van der Waals surface area contributed by atoms with Crippen LogP contribution in [0.1, 0.15) is 22.8 Å². The summed E-state index contributed by atoms with van der Waals surface area (Å²) >= 11 is 0. The van der Waals surface area contributed by atoms with Crippen molar-refractivity contribution in [2.75, 3.05) is 26.4 Å². The van der Waals surface area contributed by atoms with Crippen molar-refractivity contribution in [3.05, 3.63) is 65.2 Å². The third-order valence-electron chi connectivity index (χ3n) is 4.14. The van der Waals surface area contributed by atoms with Gasteiger partial charge in [0.05, 0.1) is 31.3 Å². The molecule has 1 saturated heterocycles. The number of ether oxygens (including phenoxy) is 2. The molecule has 0 N–H and O–H groups in total. The molecule has 25 heavy (non-hydrogen) atoms. The highest BCUT2D eigenvalue weighted by Gasteiger charge is 2.20. The summed E-state index contributed by atoms with van der Waals surface area (Å²) in [5.41, 5.74) is 3.04. The van der Waals surface area contributed by atoms with Gasteiger partial charge in [-0.15, -0.1) is 0 Å². The Kier molecular flexibility index (Phi) is 5.86. The van der Waals surface area contributed by atoms with Crippen LogP contribution in [0.25, 0.3) is 0 Å². The molecule has 0 saturated carbocycles. The van der Waals surface area contributed by atoms with E-state index in [1.165, 1.54) is 0 Å². The maximum absolute atomic E-state index is 12.3. The molecule has 2 aromatic carbocycles. The number of hydrogen-bond donors (Lipinski definition) is 0. The molecule has 6 heteroatoms. The summed E-state index contributed by atoms with van der Waals surface area (Å²) in [7, 11) is -3.74. The lowest BCUT2D eigenvalue weighted by Gasteiger charge is -2.25. The van der Waals surface area contributed by atoms with Crippen molar-refractivity contribution in [1.82, 2.24) is 0 Å². The van der Waals surface area contributed by atoms with Crippen molar-refractivity contribution in [3.8, 4) is 0 Å². The average molecular weight is 362 g/mol. The Labute approximate surface area is 148 Å². The molecule has 0 aliphatic carbocycles. The zero-order chi connectivity index (χ0) is 17.7. The summed E-state index contributed by atoms with van der Waals surface area (Å²) in [4.78, 5) is 0.176. The minimum absolute atomic E-state index is 0.0841. The molecule has 1 aliphatic heterocycles. The van der Waals surface area contributed by atoms with E-state index >= 15 is 0 Å². The topological polar surface area (TPSA) is 61.8 Å². The molecule has 134 valence electrons. The lowest BCUT2D eigenvalue weighted by molar-refractivity contribution is -0.0904. The van der Waals surface area contributed by atoms with E-state index in [9.17, 15) is 8.42 Å². The number of benzene rings is 2. The van der Waals surface area contributed by atoms with Crippen LogP contribution in [0, 0.1) is 6.92 Å². The van der Waals surface area contributed by atoms with Gasteiger partial charge in [-0.05, 0) is 36.6 Å². The van der Waals surface area contributed by atoms with E-state index in [-0.39, 0.29) is 17.6 Å². The molecule has 0 spiro atoms.